The Labute approximate surface area is 107 Å². The van der Waals surface area contributed by atoms with Gasteiger partial charge in [-0.2, -0.15) is 0 Å². The number of unbranched alkanes of at least 4 members (excludes halogenated alkanes) is 1. The van der Waals surface area contributed by atoms with Crippen molar-refractivity contribution >= 4 is 24.0 Å². The predicted octanol–water partition coefficient (Wildman–Crippen LogP) is 3.03. The number of hydrogen-bond acceptors (Lipinski definition) is 2. The largest absolute Gasteiger partial charge is 0.330 e. The lowest BCUT2D eigenvalue weighted by molar-refractivity contribution is 0.543. The standard InChI is InChI=1S/C11H16ClFN2.ClH/c12-8-4-5-9(10(13)7-8)11(15)3-1-2-6-14;/h4-5,7,11H,1-3,6,14-15H2;1H/t11-;/m1./s1. The molecule has 5 heteroatoms. The van der Waals surface area contributed by atoms with Crippen LogP contribution in [0, 0.1) is 5.82 Å². The Balaban J connectivity index is 0.00000225. The number of halogens is 3. The minimum atomic E-state index is -0.331. The van der Waals surface area contributed by atoms with Crippen LogP contribution in [0.3, 0.4) is 0 Å². The molecule has 0 spiro atoms. The molecule has 0 radical (unpaired) electrons. The molecule has 0 bridgehead atoms. The lowest BCUT2D eigenvalue weighted by atomic mass is 10.0. The van der Waals surface area contributed by atoms with Crippen LogP contribution in [0.5, 0.6) is 0 Å². The molecule has 1 aromatic carbocycles. The lowest BCUT2D eigenvalue weighted by Crippen LogP contribution is -2.12. The van der Waals surface area contributed by atoms with Crippen LogP contribution < -0.4 is 11.5 Å². The third-order valence-electron chi connectivity index (χ3n) is 2.33. The van der Waals surface area contributed by atoms with Gasteiger partial charge in [0.05, 0.1) is 0 Å². The van der Waals surface area contributed by atoms with Gasteiger partial charge in [0.15, 0.2) is 0 Å². The van der Waals surface area contributed by atoms with Gasteiger partial charge < -0.3 is 11.5 Å². The van der Waals surface area contributed by atoms with Gasteiger partial charge in [0, 0.05) is 16.6 Å². The van der Waals surface area contributed by atoms with Gasteiger partial charge in [-0.25, -0.2) is 4.39 Å². The second kappa shape index (κ2) is 7.85. The van der Waals surface area contributed by atoms with Crippen molar-refractivity contribution < 1.29 is 4.39 Å². The zero-order chi connectivity index (χ0) is 11.3. The smallest absolute Gasteiger partial charge is 0.129 e. The molecule has 92 valence electrons. The van der Waals surface area contributed by atoms with Crippen LogP contribution in [0.4, 0.5) is 4.39 Å². The molecule has 0 fully saturated rings. The highest BCUT2D eigenvalue weighted by Crippen LogP contribution is 2.22. The van der Waals surface area contributed by atoms with E-state index in [2.05, 4.69) is 0 Å². The Hall–Kier alpha value is -0.350. The van der Waals surface area contributed by atoms with Gasteiger partial charge >= 0.3 is 0 Å². The maximum atomic E-state index is 13.4. The third kappa shape index (κ3) is 4.66. The second-order valence-electron chi connectivity index (χ2n) is 3.56. The van der Waals surface area contributed by atoms with E-state index in [0.717, 1.165) is 19.3 Å². The molecule has 0 aliphatic rings. The van der Waals surface area contributed by atoms with Crippen LogP contribution in [-0.4, -0.2) is 6.54 Å². The molecule has 0 saturated heterocycles. The average Bonchev–Trinajstić information content (AvgIpc) is 2.17. The Morgan fingerprint density at radius 1 is 1.31 bits per heavy atom. The van der Waals surface area contributed by atoms with Gasteiger partial charge in [-0.3, -0.25) is 0 Å². The van der Waals surface area contributed by atoms with Crippen molar-refractivity contribution in [2.45, 2.75) is 25.3 Å². The van der Waals surface area contributed by atoms with Crippen molar-refractivity contribution in [3.8, 4) is 0 Å². The maximum absolute atomic E-state index is 13.4. The average molecular weight is 267 g/mol. The SMILES string of the molecule is Cl.NCCCC[C@@H](N)c1ccc(Cl)cc1F. The summed E-state index contributed by atoms with van der Waals surface area (Å²) in [6, 6.07) is 4.32. The fraction of sp³-hybridized carbons (Fsp3) is 0.455. The molecule has 0 amide bonds. The van der Waals surface area contributed by atoms with E-state index >= 15 is 0 Å². The highest BCUT2D eigenvalue weighted by atomic mass is 35.5. The van der Waals surface area contributed by atoms with Crippen LogP contribution in [0.25, 0.3) is 0 Å². The van der Waals surface area contributed by atoms with Crippen LogP contribution >= 0.6 is 24.0 Å². The quantitative estimate of drug-likeness (QED) is 0.806. The van der Waals surface area contributed by atoms with Crippen molar-refractivity contribution in [2.75, 3.05) is 6.54 Å². The molecule has 0 saturated carbocycles. The van der Waals surface area contributed by atoms with Gasteiger partial charge in [-0.1, -0.05) is 24.1 Å². The summed E-state index contributed by atoms with van der Waals surface area (Å²) in [5, 5.41) is 0.394. The number of hydrogen-bond donors (Lipinski definition) is 2. The summed E-state index contributed by atoms with van der Waals surface area (Å²) < 4.78 is 13.4. The van der Waals surface area contributed by atoms with Gasteiger partial charge in [0.25, 0.3) is 0 Å². The molecule has 0 aliphatic heterocycles. The van der Waals surface area contributed by atoms with Crippen LogP contribution in [-0.2, 0) is 0 Å². The van der Waals surface area contributed by atoms with Crippen molar-refractivity contribution in [2.24, 2.45) is 11.5 Å². The first-order valence-corrected chi connectivity index (χ1v) is 5.43. The zero-order valence-electron chi connectivity index (χ0n) is 8.96. The highest BCUT2D eigenvalue weighted by Gasteiger charge is 2.10. The Morgan fingerprint density at radius 3 is 2.56 bits per heavy atom. The Morgan fingerprint density at radius 2 is 2.00 bits per heavy atom. The van der Waals surface area contributed by atoms with E-state index in [-0.39, 0.29) is 24.3 Å². The molecule has 16 heavy (non-hydrogen) atoms. The Bertz CT molecular complexity index is 321. The predicted molar refractivity (Wildman–Crippen MR) is 68.5 cm³/mol. The highest BCUT2D eigenvalue weighted by molar-refractivity contribution is 6.30. The molecule has 1 aromatic rings. The molecule has 2 nitrogen and oxygen atoms in total. The van der Waals surface area contributed by atoms with Gasteiger partial charge in [0.1, 0.15) is 5.82 Å². The van der Waals surface area contributed by atoms with Crippen molar-refractivity contribution in [1.82, 2.24) is 0 Å². The second-order valence-corrected chi connectivity index (χ2v) is 3.99. The molecule has 4 N–H and O–H groups in total. The van der Waals surface area contributed by atoms with Gasteiger partial charge in [-0.15, -0.1) is 12.4 Å². The van der Waals surface area contributed by atoms with Crippen molar-refractivity contribution in [3.63, 3.8) is 0 Å². The summed E-state index contributed by atoms with van der Waals surface area (Å²) in [6.07, 6.45) is 2.58. The molecular weight excluding hydrogens is 250 g/mol. The Kier molecular flexibility index (Phi) is 7.68. The fourth-order valence-electron chi connectivity index (χ4n) is 1.47. The van der Waals surface area contributed by atoms with Crippen LogP contribution in [0.1, 0.15) is 30.9 Å². The number of nitrogens with two attached hydrogens (primary N) is 2. The van der Waals surface area contributed by atoms with E-state index in [1.807, 2.05) is 0 Å². The summed E-state index contributed by atoms with van der Waals surface area (Å²) in [6.45, 7) is 0.649. The first kappa shape index (κ1) is 15.7. The normalized spacial score (nSPS) is 12.0. The van der Waals surface area contributed by atoms with E-state index in [1.54, 1.807) is 12.1 Å². The minimum Gasteiger partial charge on any atom is -0.330 e. The van der Waals surface area contributed by atoms with Gasteiger partial charge in [-0.05, 0) is 31.5 Å². The van der Waals surface area contributed by atoms with Crippen molar-refractivity contribution in [3.05, 3.63) is 34.6 Å². The summed E-state index contributed by atoms with van der Waals surface area (Å²) in [4.78, 5) is 0. The van der Waals surface area contributed by atoms with E-state index in [1.165, 1.54) is 6.07 Å². The first-order valence-electron chi connectivity index (χ1n) is 5.05. The monoisotopic (exact) mass is 266 g/mol. The molecule has 1 atom stereocenters. The molecule has 1 rings (SSSR count). The summed E-state index contributed by atoms with van der Waals surface area (Å²) in [7, 11) is 0. The summed E-state index contributed by atoms with van der Waals surface area (Å²) in [5.74, 6) is -0.331. The van der Waals surface area contributed by atoms with Crippen LogP contribution in [0.15, 0.2) is 18.2 Å². The molecule has 0 aliphatic carbocycles. The van der Waals surface area contributed by atoms with E-state index < -0.39 is 0 Å². The zero-order valence-corrected chi connectivity index (χ0v) is 10.5. The molecule has 0 aromatic heterocycles. The lowest BCUT2D eigenvalue weighted by Gasteiger charge is -2.12. The number of rotatable bonds is 5. The van der Waals surface area contributed by atoms with E-state index in [9.17, 15) is 4.39 Å². The number of benzene rings is 1. The molecule has 0 unspecified atom stereocenters. The fourth-order valence-corrected chi connectivity index (χ4v) is 1.63. The van der Waals surface area contributed by atoms with E-state index in [0.29, 0.717) is 17.1 Å². The topological polar surface area (TPSA) is 52.0 Å². The van der Waals surface area contributed by atoms with Crippen LogP contribution in [0.2, 0.25) is 5.02 Å². The minimum absolute atomic E-state index is 0. The maximum Gasteiger partial charge on any atom is 0.129 e. The van der Waals surface area contributed by atoms with E-state index in [4.69, 9.17) is 23.1 Å². The first-order chi connectivity index (χ1) is 7.15. The third-order valence-corrected chi connectivity index (χ3v) is 2.57. The molecule has 0 heterocycles. The van der Waals surface area contributed by atoms with Crippen molar-refractivity contribution in [1.29, 1.82) is 0 Å². The van der Waals surface area contributed by atoms with Gasteiger partial charge in [0.2, 0.25) is 0 Å². The summed E-state index contributed by atoms with van der Waals surface area (Å²) in [5.41, 5.74) is 11.8. The summed E-state index contributed by atoms with van der Waals surface area (Å²) >= 11 is 5.65. The molecular formula is C11H17Cl2FN2.